The van der Waals surface area contributed by atoms with Crippen molar-refractivity contribution in [2.75, 3.05) is 11.4 Å². The van der Waals surface area contributed by atoms with Gasteiger partial charge in [0.2, 0.25) is 0 Å². The van der Waals surface area contributed by atoms with Gasteiger partial charge in [0.05, 0.1) is 20.7 Å². The first-order valence-corrected chi connectivity index (χ1v) is 10.2. The van der Waals surface area contributed by atoms with Crippen molar-refractivity contribution in [3.63, 3.8) is 0 Å². The zero-order valence-corrected chi connectivity index (χ0v) is 16.1. The van der Waals surface area contributed by atoms with Gasteiger partial charge in [0, 0.05) is 12.2 Å². The number of benzene rings is 2. The molecule has 1 heterocycles. The lowest BCUT2D eigenvalue weighted by Gasteiger charge is -2.24. The van der Waals surface area contributed by atoms with Crippen molar-refractivity contribution in [2.45, 2.75) is 28.8 Å². The van der Waals surface area contributed by atoms with Gasteiger partial charge in [-0.2, -0.15) is 13.2 Å². The maximum atomic E-state index is 13.4. The molecule has 1 saturated heterocycles. The molecular formula is C18H14ClF4NO4S. The first kappa shape index (κ1) is 21.4. The zero-order chi connectivity index (χ0) is 21.6. The molecule has 1 aliphatic rings. The number of halogens is 5. The Morgan fingerprint density at radius 1 is 1.17 bits per heavy atom. The molecule has 5 nitrogen and oxygen atoms in total. The molecule has 0 spiro atoms. The quantitative estimate of drug-likeness (QED) is 0.711. The summed E-state index contributed by atoms with van der Waals surface area (Å²) in [6.45, 7) is -0.381. The van der Waals surface area contributed by atoms with Crippen molar-refractivity contribution in [1.29, 1.82) is 0 Å². The van der Waals surface area contributed by atoms with Crippen LogP contribution in [0.4, 0.5) is 23.2 Å². The highest BCUT2D eigenvalue weighted by Gasteiger charge is 2.46. The molecule has 2 atom stereocenters. The lowest BCUT2D eigenvalue weighted by molar-refractivity contribution is -0.140. The average molecular weight is 452 g/mol. The van der Waals surface area contributed by atoms with Crippen LogP contribution < -0.4 is 4.90 Å². The molecule has 1 N–H and O–H groups in total. The van der Waals surface area contributed by atoms with Crippen LogP contribution >= 0.6 is 11.6 Å². The number of alkyl halides is 3. The van der Waals surface area contributed by atoms with Crippen molar-refractivity contribution < 1.29 is 35.9 Å². The van der Waals surface area contributed by atoms with Gasteiger partial charge in [-0.15, -0.1) is 0 Å². The van der Waals surface area contributed by atoms with E-state index >= 15 is 0 Å². The van der Waals surface area contributed by atoms with E-state index in [0.717, 1.165) is 24.3 Å². The summed E-state index contributed by atoms with van der Waals surface area (Å²) in [6, 6.07) is 5.80. The first-order chi connectivity index (χ1) is 13.4. The number of hydrogen-bond donors (Lipinski definition) is 1. The molecule has 29 heavy (non-hydrogen) atoms. The average Bonchev–Trinajstić information content (AvgIpc) is 3.10. The van der Waals surface area contributed by atoms with Crippen LogP contribution in [0, 0.1) is 5.82 Å². The van der Waals surface area contributed by atoms with Crippen molar-refractivity contribution in [1.82, 2.24) is 0 Å². The van der Waals surface area contributed by atoms with Crippen LogP contribution in [-0.2, 0) is 20.8 Å². The van der Waals surface area contributed by atoms with Crippen LogP contribution in [0.1, 0.15) is 12.0 Å². The van der Waals surface area contributed by atoms with E-state index in [2.05, 4.69) is 0 Å². The van der Waals surface area contributed by atoms with E-state index in [4.69, 9.17) is 11.6 Å². The van der Waals surface area contributed by atoms with Gasteiger partial charge in [-0.3, -0.25) is 0 Å². The molecule has 1 aliphatic heterocycles. The minimum atomic E-state index is -4.89. The predicted molar refractivity (Wildman–Crippen MR) is 97.2 cm³/mol. The molecule has 0 aromatic heterocycles. The fourth-order valence-corrected chi connectivity index (χ4v) is 5.42. The highest BCUT2D eigenvalue weighted by atomic mass is 35.5. The van der Waals surface area contributed by atoms with Gasteiger partial charge < -0.3 is 10.0 Å². The van der Waals surface area contributed by atoms with Gasteiger partial charge in [0.1, 0.15) is 11.9 Å². The van der Waals surface area contributed by atoms with Crippen LogP contribution in [0.25, 0.3) is 0 Å². The monoisotopic (exact) mass is 451 g/mol. The molecule has 0 radical (unpaired) electrons. The van der Waals surface area contributed by atoms with Gasteiger partial charge in [-0.1, -0.05) is 23.7 Å². The summed E-state index contributed by atoms with van der Waals surface area (Å²) in [4.78, 5) is 11.9. The normalized spacial score (nSPS) is 20.1. The van der Waals surface area contributed by atoms with E-state index in [1.54, 1.807) is 0 Å². The second-order valence-electron chi connectivity index (χ2n) is 6.50. The smallest absolute Gasteiger partial charge is 0.417 e. The fraction of sp³-hybridized carbons (Fsp3) is 0.278. The maximum Gasteiger partial charge on any atom is 0.417 e. The van der Waals surface area contributed by atoms with Gasteiger partial charge in [0.15, 0.2) is 9.84 Å². The van der Waals surface area contributed by atoms with Crippen LogP contribution in [0.5, 0.6) is 0 Å². The Balaban J connectivity index is 2.02. The van der Waals surface area contributed by atoms with E-state index in [1.165, 1.54) is 17.0 Å². The van der Waals surface area contributed by atoms with E-state index in [0.29, 0.717) is 6.07 Å². The molecule has 2 aromatic carbocycles. The molecule has 0 amide bonds. The number of carboxylic acids is 1. The van der Waals surface area contributed by atoms with Crippen LogP contribution in [-0.4, -0.2) is 37.3 Å². The van der Waals surface area contributed by atoms with E-state index in [-0.39, 0.29) is 17.3 Å². The first-order valence-electron chi connectivity index (χ1n) is 8.27. The summed E-state index contributed by atoms with van der Waals surface area (Å²) in [5.74, 6) is -2.10. The number of rotatable bonds is 4. The van der Waals surface area contributed by atoms with Gasteiger partial charge >= 0.3 is 12.1 Å². The second-order valence-corrected chi connectivity index (χ2v) is 9.11. The third-order valence-electron chi connectivity index (χ3n) is 4.72. The van der Waals surface area contributed by atoms with Gasteiger partial charge in [-0.25, -0.2) is 17.6 Å². The molecule has 0 unspecified atom stereocenters. The van der Waals surface area contributed by atoms with Crippen LogP contribution in [0.15, 0.2) is 47.4 Å². The van der Waals surface area contributed by atoms with Crippen molar-refractivity contribution in [3.8, 4) is 0 Å². The number of carbonyl (C=O) groups is 1. The highest BCUT2D eigenvalue weighted by molar-refractivity contribution is 7.92. The Kier molecular flexibility index (Phi) is 5.52. The Morgan fingerprint density at radius 2 is 1.83 bits per heavy atom. The Morgan fingerprint density at radius 3 is 2.41 bits per heavy atom. The third kappa shape index (κ3) is 4.04. The summed E-state index contributed by atoms with van der Waals surface area (Å²) in [6.07, 6.45) is -5.32. The molecule has 2 aromatic rings. The lowest BCUT2D eigenvalue weighted by Crippen LogP contribution is -2.36. The standard InChI is InChI=1S/C18H14ClF4NO4S/c19-13-7-10(5-6-14(13)20)24-9-11(8-15(24)17(25)26)29(27,28)16-4-2-1-3-12(16)18(21,22)23/h1-7,11,15H,8-9H2,(H,25,26)/t11-,15+/m1/s1. The summed E-state index contributed by atoms with van der Waals surface area (Å²) < 4.78 is 79.2. The number of carboxylic acid groups (broad SMARTS) is 1. The van der Waals surface area contributed by atoms with E-state index in [9.17, 15) is 35.9 Å². The molecular weight excluding hydrogens is 438 g/mol. The van der Waals surface area contributed by atoms with Crippen molar-refractivity contribution >= 4 is 33.1 Å². The summed E-state index contributed by atoms with van der Waals surface area (Å²) in [7, 11) is -4.51. The van der Waals surface area contributed by atoms with Crippen LogP contribution in [0.3, 0.4) is 0 Å². The summed E-state index contributed by atoms with van der Waals surface area (Å²) in [5, 5.41) is 7.79. The largest absolute Gasteiger partial charge is 0.480 e. The predicted octanol–water partition coefficient (Wildman–Crippen LogP) is 4.00. The Bertz CT molecular complexity index is 1060. The molecule has 0 saturated carbocycles. The van der Waals surface area contributed by atoms with Gasteiger partial charge in [0.25, 0.3) is 0 Å². The topological polar surface area (TPSA) is 74.7 Å². The molecule has 156 valence electrons. The molecule has 3 rings (SSSR count). The molecule has 0 aliphatic carbocycles. The number of anilines is 1. The Hall–Kier alpha value is -2.33. The number of sulfone groups is 1. The molecule has 1 fully saturated rings. The molecule has 11 heteroatoms. The highest BCUT2D eigenvalue weighted by Crippen LogP contribution is 2.38. The zero-order valence-electron chi connectivity index (χ0n) is 14.5. The second kappa shape index (κ2) is 7.49. The summed E-state index contributed by atoms with van der Waals surface area (Å²) in [5.41, 5.74) is -1.15. The molecule has 0 bridgehead atoms. The minimum absolute atomic E-state index is 0.158. The SMILES string of the molecule is O=C(O)[C@@H]1C[C@@H](S(=O)(=O)c2ccccc2C(F)(F)F)CN1c1ccc(F)c(Cl)c1. The third-order valence-corrected chi connectivity index (χ3v) is 7.20. The maximum absolute atomic E-state index is 13.4. The van der Waals surface area contributed by atoms with E-state index in [1.807, 2.05) is 0 Å². The van der Waals surface area contributed by atoms with Crippen LogP contribution in [0.2, 0.25) is 5.02 Å². The van der Waals surface area contributed by atoms with E-state index < -0.39 is 56.0 Å². The fourth-order valence-electron chi connectivity index (χ4n) is 3.33. The lowest BCUT2D eigenvalue weighted by atomic mass is 10.2. The number of nitrogens with zero attached hydrogens (tertiary/aromatic N) is 1. The summed E-state index contributed by atoms with van der Waals surface area (Å²) >= 11 is 5.72. The minimum Gasteiger partial charge on any atom is -0.480 e. The van der Waals surface area contributed by atoms with Crippen molar-refractivity contribution in [2.24, 2.45) is 0 Å². The van der Waals surface area contributed by atoms with Crippen molar-refractivity contribution in [3.05, 3.63) is 58.9 Å². The number of aliphatic carboxylic acids is 1. The Labute approximate surface area is 168 Å². The number of hydrogen-bond acceptors (Lipinski definition) is 4. The van der Waals surface area contributed by atoms with Gasteiger partial charge in [-0.05, 0) is 36.8 Å².